The Hall–Kier alpha value is -3.36. The van der Waals surface area contributed by atoms with Crippen molar-refractivity contribution in [2.24, 2.45) is 0 Å². The van der Waals surface area contributed by atoms with Crippen LogP contribution in [0.1, 0.15) is 40.8 Å². The zero-order valence-corrected chi connectivity index (χ0v) is 24.2. The highest BCUT2D eigenvalue weighted by molar-refractivity contribution is 7.52. The number of ether oxygens (including phenoxy) is 2. The molecule has 1 aromatic carbocycles. The van der Waals surface area contributed by atoms with Crippen molar-refractivity contribution >= 4 is 36.6 Å². The molecule has 14 nitrogen and oxygen atoms in total. The fourth-order valence-electron chi connectivity index (χ4n) is 4.25. The van der Waals surface area contributed by atoms with Gasteiger partial charge >= 0.3 is 13.7 Å². The van der Waals surface area contributed by atoms with Gasteiger partial charge in [0.15, 0.2) is 28.9 Å². The molecule has 0 saturated carbocycles. The Bertz CT molecular complexity index is 1410. The number of aliphatic hydroxyl groups excluding tert-OH is 1. The summed E-state index contributed by atoms with van der Waals surface area (Å²) in [6.45, 7) is 7.78. The molecule has 6 atom stereocenters. The fourth-order valence-corrected chi connectivity index (χ4v) is 5.75. The molecule has 5 N–H and O–H groups in total. The molecule has 1 aliphatic heterocycles. The number of aliphatic hydroxyl groups is 1. The van der Waals surface area contributed by atoms with E-state index in [2.05, 4.69) is 25.4 Å². The van der Waals surface area contributed by atoms with E-state index in [1.165, 1.54) is 17.8 Å². The first-order chi connectivity index (χ1) is 19.3. The predicted molar refractivity (Wildman–Crippen MR) is 148 cm³/mol. The first kappa shape index (κ1) is 30.6. The number of esters is 1. The Morgan fingerprint density at radius 3 is 2.66 bits per heavy atom. The molecule has 0 radical (unpaired) electrons. The van der Waals surface area contributed by atoms with E-state index in [1.54, 1.807) is 44.2 Å². The summed E-state index contributed by atoms with van der Waals surface area (Å²) in [7, 11) is -4.28. The van der Waals surface area contributed by atoms with Crippen LogP contribution in [0.3, 0.4) is 0 Å². The van der Waals surface area contributed by atoms with Crippen LogP contribution in [-0.4, -0.2) is 73.8 Å². The number of nitrogens with one attached hydrogen (secondary N) is 2. The number of halogens is 1. The SMILES string of the molecule is CCNc1nc(N)nc2c1ncn2[C@@H]1O[C@H](CO[P@](=O)(N[C@@H](C)C(=O)OC(C)C)Oc2ccccc2)[C@@H](O)[C@@]1(C)F. The second-order valence-corrected chi connectivity index (χ2v) is 11.6. The number of aromatic nitrogens is 4. The second kappa shape index (κ2) is 12.2. The molecule has 41 heavy (non-hydrogen) atoms. The van der Waals surface area contributed by atoms with Gasteiger partial charge in [0.2, 0.25) is 5.95 Å². The number of hydrogen-bond acceptors (Lipinski definition) is 12. The molecule has 0 amide bonds. The average Bonchev–Trinajstić information content (AvgIpc) is 3.41. The van der Waals surface area contributed by atoms with Crippen LogP contribution in [-0.2, 0) is 23.4 Å². The number of nitrogens with two attached hydrogens (primary N) is 1. The lowest BCUT2D eigenvalue weighted by molar-refractivity contribution is -0.149. The van der Waals surface area contributed by atoms with Gasteiger partial charge in [0.25, 0.3) is 0 Å². The number of benzene rings is 1. The molecule has 4 rings (SSSR count). The summed E-state index contributed by atoms with van der Waals surface area (Å²) in [5.41, 5.74) is 4.03. The van der Waals surface area contributed by atoms with Crippen LogP contribution >= 0.6 is 7.75 Å². The number of nitrogens with zero attached hydrogens (tertiary/aromatic N) is 4. The van der Waals surface area contributed by atoms with E-state index in [1.807, 2.05) is 6.92 Å². The van der Waals surface area contributed by atoms with Gasteiger partial charge in [0.05, 0.1) is 19.0 Å². The van der Waals surface area contributed by atoms with Crippen LogP contribution in [0.4, 0.5) is 16.2 Å². The molecule has 0 aliphatic carbocycles. The van der Waals surface area contributed by atoms with Crippen LogP contribution in [0.2, 0.25) is 0 Å². The smallest absolute Gasteiger partial charge is 0.459 e. The topological polar surface area (TPSA) is 185 Å². The van der Waals surface area contributed by atoms with Gasteiger partial charge < -0.3 is 30.2 Å². The van der Waals surface area contributed by atoms with Crippen LogP contribution in [0.25, 0.3) is 11.2 Å². The number of para-hydroxylation sites is 1. The first-order valence-corrected chi connectivity index (χ1v) is 14.6. The maximum Gasteiger partial charge on any atom is 0.459 e. The molecule has 1 fully saturated rings. The molecule has 224 valence electrons. The molecule has 1 saturated heterocycles. The quantitative estimate of drug-likeness (QED) is 0.177. The molecule has 3 heterocycles. The number of hydrogen-bond donors (Lipinski definition) is 4. The van der Waals surface area contributed by atoms with E-state index >= 15 is 4.39 Å². The zero-order valence-electron chi connectivity index (χ0n) is 23.4. The summed E-state index contributed by atoms with van der Waals surface area (Å²) in [6.07, 6.45) is -3.51. The van der Waals surface area contributed by atoms with Crippen molar-refractivity contribution in [2.45, 2.75) is 70.9 Å². The number of anilines is 2. The standard InChI is InChI=1S/C25H35FN7O7P/c1-6-28-20-18-21(31-24(27)30-20)33(13-29-18)23-25(5,26)19(34)17(39-23)12-37-41(36,40-16-10-8-7-9-11-16)32-15(4)22(35)38-14(2)3/h7-11,13-15,17,19,23,34H,6,12H2,1-5H3,(H,32,36)(H3,27,28,30,31)/t15-,17+,19+,23+,25+,41+/m0/s1. The predicted octanol–water partition coefficient (Wildman–Crippen LogP) is 2.96. The van der Waals surface area contributed by atoms with Crippen LogP contribution in [0.5, 0.6) is 5.75 Å². The van der Waals surface area contributed by atoms with Crippen molar-refractivity contribution in [1.29, 1.82) is 0 Å². The molecule has 0 unspecified atom stereocenters. The van der Waals surface area contributed by atoms with E-state index in [4.69, 9.17) is 24.3 Å². The van der Waals surface area contributed by atoms with Gasteiger partial charge in [0.1, 0.15) is 24.0 Å². The highest BCUT2D eigenvalue weighted by Crippen LogP contribution is 2.48. The zero-order chi connectivity index (χ0) is 29.9. The molecule has 3 aromatic rings. The summed E-state index contributed by atoms with van der Waals surface area (Å²) in [6, 6.07) is 7.06. The van der Waals surface area contributed by atoms with Gasteiger partial charge in [-0.15, -0.1) is 0 Å². The van der Waals surface area contributed by atoms with Crippen LogP contribution < -0.4 is 20.7 Å². The van der Waals surface area contributed by atoms with Crippen molar-refractivity contribution in [2.75, 3.05) is 24.2 Å². The lowest BCUT2D eigenvalue weighted by atomic mass is 9.98. The van der Waals surface area contributed by atoms with Gasteiger partial charge in [-0.3, -0.25) is 13.9 Å². The number of fused-ring (bicyclic) bond motifs is 1. The van der Waals surface area contributed by atoms with E-state index in [9.17, 15) is 14.5 Å². The number of carbonyl (C=O) groups is 1. The molecule has 1 aliphatic rings. The molecule has 0 spiro atoms. The minimum atomic E-state index is -4.28. The van der Waals surface area contributed by atoms with Gasteiger partial charge in [0, 0.05) is 6.54 Å². The van der Waals surface area contributed by atoms with E-state index in [0.717, 1.165) is 6.92 Å². The Morgan fingerprint density at radius 1 is 1.29 bits per heavy atom. The van der Waals surface area contributed by atoms with E-state index in [-0.39, 0.29) is 17.3 Å². The molecule has 0 bridgehead atoms. The molecular weight excluding hydrogens is 560 g/mol. The van der Waals surface area contributed by atoms with Gasteiger partial charge in [-0.25, -0.2) is 13.9 Å². The van der Waals surface area contributed by atoms with Crippen molar-refractivity contribution in [3.05, 3.63) is 36.7 Å². The second-order valence-electron chi connectivity index (χ2n) is 9.94. The number of rotatable bonds is 12. The maximum atomic E-state index is 16.0. The third-order valence-electron chi connectivity index (χ3n) is 6.19. The lowest BCUT2D eigenvalue weighted by Gasteiger charge is -2.25. The largest absolute Gasteiger partial charge is 0.462 e. The molecule has 16 heteroatoms. The van der Waals surface area contributed by atoms with Crippen molar-refractivity contribution in [1.82, 2.24) is 24.6 Å². The summed E-state index contributed by atoms with van der Waals surface area (Å²) in [5.74, 6) is -0.195. The number of alkyl halides is 1. The summed E-state index contributed by atoms with van der Waals surface area (Å²) in [4.78, 5) is 25.0. The highest BCUT2D eigenvalue weighted by atomic mass is 31.2. The van der Waals surface area contributed by atoms with Crippen LogP contribution in [0.15, 0.2) is 36.7 Å². The van der Waals surface area contributed by atoms with Crippen molar-refractivity contribution < 1.29 is 37.4 Å². The third kappa shape index (κ3) is 6.76. The Labute approximate surface area is 236 Å². The Balaban J connectivity index is 1.56. The van der Waals surface area contributed by atoms with E-state index < -0.39 is 56.6 Å². The van der Waals surface area contributed by atoms with Crippen LogP contribution in [0, 0.1) is 0 Å². The lowest BCUT2D eigenvalue weighted by Crippen LogP contribution is -2.41. The van der Waals surface area contributed by atoms with E-state index in [0.29, 0.717) is 17.9 Å². The first-order valence-electron chi connectivity index (χ1n) is 13.1. The van der Waals surface area contributed by atoms with Gasteiger partial charge in [-0.2, -0.15) is 15.1 Å². The number of imidazole rings is 1. The summed E-state index contributed by atoms with van der Waals surface area (Å²) >= 11 is 0. The highest BCUT2D eigenvalue weighted by Gasteiger charge is 2.56. The summed E-state index contributed by atoms with van der Waals surface area (Å²) < 4.78 is 53.4. The Morgan fingerprint density at radius 2 is 2.00 bits per heavy atom. The van der Waals surface area contributed by atoms with Crippen molar-refractivity contribution in [3.8, 4) is 5.75 Å². The Kier molecular flexibility index (Phi) is 9.14. The number of nitrogen functional groups attached to an aromatic ring is 1. The normalized spacial score (nSPS) is 24.7. The summed E-state index contributed by atoms with van der Waals surface area (Å²) in [5, 5.41) is 16.5. The minimum absolute atomic E-state index is 0.0654. The average molecular weight is 596 g/mol. The molecular formula is C25H35FN7O7P. The fraction of sp³-hybridized carbons (Fsp3) is 0.520. The molecule has 2 aromatic heterocycles. The van der Waals surface area contributed by atoms with Gasteiger partial charge in [-0.05, 0) is 46.8 Å². The monoisotopic (exact) mass is 595 g/mol. The number of carbonyl (C=O) groups excluding carboxylic acids is 1. The minimum Gasteiger partial charge on any atom is -0.462 e. The van der Waals surface area contributed by atoms with Crippen molar-refractivity contribution in [3.63, 3.8) is 0 Å². The third-order valence-corrected chi connectivity index (χ3v) is 7.83. The maximum absolute atomic E-state index is 16.0. The van der Waals surface area contributed by atoms with Gasteiger partial charge in [-0.1, -0.05) is 18.2 Å².